The first-order valence-electron chi connectivity index (χ1n) is 18.8. The number of hydrogen-bond acceptors (Lipinski definition) is 9. The van der Waals surface area contributed by atoms with Crippen LogP contribution in [0.2, 0.25) is 0 Å². The van der Waals surface area contributed by atoms with E-state index in [1.807, 2.05) is 53.9 Å². The Morgan fingerprint density at radius 3 is 2.30 bits per heavy atom. The van der Waals surface area contributed by atoms with E-state index >= 15 is 0 Å². The van der Waals surface area contributed by atoms with Gasteiger partial charge in [-0.25, -0.2) is 14.6 Å². The zero-order chi connectivity index (χ0) is 38.3. The Bertz CT molecular complexity index is 1770. The van der Waals surface area contributed by atoms with Crippen LogP contribution in [0.1, 0.15) is 85.0 Å². The highest BCUT2D eigenvalue weighted by Gasteiger charge is 2.29. The van der Waals surface area contributed by atoms with Gasteiger partial charge in [-0.2, -0.15) is 0 Å². The normalized spacial score (nSPS) is 14.4. The fraction of sp³-hybridized carbons (Fsp3) is 0.463. The molecule has 0 spiro atoms. The molecule has 2 aromatic heterocycles. The standard InChI is InChI=1S/C41H52N6O5S2/c1-29(2)39-43-34(27-53-39)25-46(3)40(50)45-36(18-20-47-19-10-15-38(47)49)37(48)23-32(21-30-11-6-4-7-12-30)16-17-33(22-31-13-8-5-9-14-31)44-41(51)52-26-35-24-42-28-54-35/h4-9,11-14,24,27-29,32-33,36H,10,15-23,25-26H2,1-3H3,(H,44,51)(H,45,50). The maximum Gasteiger partial charge on any atom is 0.407 e. The third-order valence-electron chi connectivity index (χ3n) is 9.61. The van der Waals surface area contributed by atoms with Crippen LogP contribution >= 0.6 is 22.7 Å². The topological polar surface area (TPSA) is 134 Å². The van der Waals surface area contributed by atoms with Crippen LogP contribution in [0, 0.1) is 5.92 Å². The number of ketones is 1. The molecule has 2 N–H and O–H groups in total. The van der Waals surface area contributed by atoms with Crippen LogP contribution in [-0.4, -0.2) is 75.8 Å². The number of ether oxygens (including phenoxy) is 1. The number of alkyl carbamates (subject to hydrolysis) is 1. The van der Waals surface area contributed by atoms with E-state index in [2.05, 4.69) is 46.6 Å². The molecule has 0 aliphatic carbocycles. The smallest absolute Gasteiger partial charge is 0.407 e. The second-order valence-corrected chi connectivity index (χ2v) is 16.2. The van der Waals surface area contributed by atoms with Gasteiger partial charge in [-0.05, 0) is 55.6 Å². The predicted octanol–water partition coefficient (Wildman–Crippen LogP) is 7.38. The summed E-state index contributed by atoms with van der Waals surface area (Å²) in [5, 5.41) is 9.08. The summed E-state index contributed by atoms with van der Waals surface area (Å²) in [4.78, 5) is 66.2. The van der Waals surface area contributed by atoms with E-state index in [4.69, 9.17) is 4.74 Å². The Morgan fingerprint density at radius 2 is 1.67 bits per heavy atom. The number of carbonyl (C=O) groups excluding carboxylic acids is 4. The first kappa shape index (κ1) is 40.6. The lowest BCUT2D eigenvalue weighted by Gasteiger charge is -2.27. The summed E-state index contributed by atoms with van der Waals surface area (Å²) in [7, 11) is 1.70. The zero-order valence-corrected chi connectivity index (χ0v) is 33.1. The minimum Gasteiger partial charge on any atom is -0.444 e. The van der Waals surface area contributed by atoms with Crippen LogP contribution < -0.4 is 10.6 Å². The molecule has 0 bridgehead atoms. The molecule has 1 aliphatic rings. The van der Waals surface area contributed by atoms with Crippen LogP contribution in [0.5, 0.6) is 0 Å². The average molecular weight is 773 g/mol. The fourth-order valence-corrected chi connectivity index (χ4v) is 7.98. The number of rotatable bonds is 20. The van der Waals surface area contributed by atoms with Crippen molar-refractivity contribution < 1.29 is 23.9 Å². The third kappa shape index (κ3) is 13.0. The fourth-order valence-electron chi connectivity index (χ4n) is 6.64. The Labute approximate surface area is 326 Å². The molecule has 3 unspecified atom stereocenters. The summed E-state index contributed by atoms with van der Waals surface area (Å²) < 4.78 is 5.53. The van der Waals surface area contributed by atoms with Gasteiger partial charge in [0, 0.05) is 56.5 Å². The number of urea groups is 1. The molecule has 4 amide bonds. The molecular weight excluding hydrogens is 721 g/mol. The number of nitrogens with one attached hydrogen (secondary N) is 2. The van der Waals surface area contributed by atoms with Gasteiger partial charge in [0.05, 0.1) is 33.7 Å². The molecule has 54 heavy (non-hydrogen) atoms. The van der Waals surface area contributed by atoms with E-state index in [9.17, 15) is 19.2 Å². The molecule has 1 aliphatic heterocycles. The molecule has 1 fully saturated rings. The Morgan fingerprint density at radius 1 is 0.944 bits per heavy atom. The molecule has 0 radical (unpaired) electrons. The van der Waals surface area contributed by atoms with Crippen LogP contribution in [0.25, 0.3) is 0 Å². The van der Waals surface area contributed by atoms with Crippen molar-refractivity contribution in [2.24, 2.45) is 5.92 Å². The van der Waals surface area contributed by atoms with Gasteiger partial charge < -0.3 is 25.2 Å². The van der Waals surface area contributed by atoms with Crippen LogP contribution in [0.4, 0.5) is 9.59 Å². The van der Waals surface area contributed by atoms with E-state index in [0.29, 0.717) is 64.1 Å². The van der Waals surface area contributed by atoms with Gasteiger partial charge >= 0.3 is 12.1 Å². The Hall–Kier alpha value is -4.62. The highest BCUT2D eigenvalue weighted by Crippen LogP contribution is 2.24. The predicted molar refractivity (Wildman–Crippen MR) is 212 cm³/mol. The van der Waals surface area contributed by atoms with Crippen molar-refractivity contribution in [3.05, 3.63) is 104 Å². The second kappa shape index (κ2) is 20.7. The van der Waals surface area contributed by atoms with Crippen LogP contribution in [0.15, 0.2) is 77.8 Å². The maximum atomic E-state index is 14.3. The lowest BCUT2D eigenvalue weighted by molar-refractivity contribution is -0.128. The molecule has 5 rings (SSSR count). The summed E-state index contributed by atoms with van der Waals surface area (Å²) in [5.74, 6) is 0.243. The number of aromatic nitrogens is 2. The van der Waals surface area contributed by atoms with E-state index in [-0.39, 0.29) is 42.7 Å². The van der Waals surface area contributed by atoms with Gasteiger partial charge in [-0.3, -0.25) is 14.6 Å². The Balaban J connectivity index is 1.28. The van der Waals surface area contributed by atoms with E-state index < -0.39 is 12.1 Å². The van der Waals surface area contributed by atoms with E-state index in [1.54, 1.807) is 39.9 Å². The molecule has 3 heterocycles. The Kier molecular flexibility index (Phi) is 15.6. The molecule has 3 atom stereocenters. The lowest BCUT2D eigenvalue weighted by Crippen LogP contribution is -2.48. The van der Waals surface area contributed by atoms with Crippen molar-refractivity contribution in [1.82, 2.24) is 30.4 Å². The number of amides is 4. The first-order chi connectivity index (χ1) is 26.1. The lowest BCUT2D eigenvalue weighted by atomic mass is 9.86. The zero-order valence-electron chi connectivity index (χ0n) is 31.4. The van der Waals surface area contributed by atoms with Crippen molar-refractivity contribution >= 4 is 46.5 Å². The first-order valence-corrected chi connectivity index (χ1v) is 20.5. The van der Waals surface area contributed by atoms with Gasteiger partial charge in [-0.15, -0.1) is 22.7 Å². The van der Waals surface area contributed by atoms with Gasteiger partial charge in [0.25, 0.3) is 0 Å². The molecule has 13 heteroatoms. The van der Waals surface area contributed by atoms with Crippen molar-refractivity contribution in [3.63, 3.8) is 0 Å². The molecule has 288 valence electrons. The largest absolute Gasteiger partial charge is 0.444 e. The number of hydrogen-bond donors (Lipinski definition) is 2. The maximum absolute atomic E-state index is 14.3. The SMILES string of the molecule is CC(C)c1nc(CN(C)C(=O)NC(CCN2CCCC2=O)C(=O)CC(CCC(Cc2ccccc2)NC(=O)OCc2cncs2)Cc2ccccc2)cs1. The third-order valence-corrected chi connectivity index (χ3v) is 11.6. The van der Waals surface area contributed by atoms with Crippen molar-refractivity contribution in [2.45, 2.75) is 96.4 Å². The summed E-state index contributed by atoms with van der Waals surface area (Å²) >= 11 is 3.01. The summed E-state index contributed by atoms with van der Waals surface area (Å²) in [6.07, 6.45) is 5.60. The molecule has 2 aromatic carbocycles. The van der Waals surface area contributed by atoms with Gasteiger partial charge in [0.2, 0.25) is 5.91 Å². The van der Waals surface area contributed by atoms with Crippen molar-refractivity contribution in [1.29, 1.82) is 0 Å². The number of Topliss-reactive ketones (excluding diaryl/α,β-unsaturated/α-hetero) is 1. The monoisotopic (exact) mass is 772 g/mol. The second-order valence-electron chi connectivity index (χ2n) is 14.3. The van der Waals surface area contributed by atoms with Gasteiger partial charge in [0.1, 0.15) is 6.61 Å². The van der Waals surface area contributed by atoms with Gasteiger partial charge in [0.15, 0.2) is 5.78 Å². The van der Waals surface area contributed by atoms with Crippen LogP contribution in [0.3, 0.4) is 0 Å². The average Bonchev–Trinajstić information content (AvgIpc) is 3.95. The molecule has 0 saturated carbocycles. The number of benzene rings is 2. The highest BCUT2D eigenvalue weighted by atomic mass is 32.1. The minimum absolute atomic E-state index is 0.0665. The molecule has 4 aromatic rings. The summed E-state index contributed by atoms with van der Waals surface area (Å²) in [6.45, 7) is 5.71. The van der Waals surface area contributed by atoms with Crippen molar-refractivity contribution in [3.8, 4) is 0 Å². The summed E-state index contributed by atoms with van der Waals surface area (Å²) in [5.41, 5.74) is 4.70. The van der Waals surface area contributed by atoms with E-state index in [1.165, 1.54) is 11.3 Å². The quantitative estimate of drug-likeness (QED) is 0.0958. The minimum atomic E-state index is -0.770. The van der Waals surface area contributed by atoms with Gasteiger partial charge in [-0.1, -0.05) is 74.5 Å². The number of carbonyl (C=O) groups is 4. The number of thiazole rings is 2. The summed E-state index contributed by atoms with van der Waals surface area (Å²) in [6, 6.07) is 18.7. The van der Waals surface area contributed by atoms with Crippen molar-refractivity contribution in [2.75, 3.05) is 20.1 Å². The number of likely N-dealkylation sites (tertiary alicyclic amines) is 1. The highest BCUT2D eigenvalue weighted by molar-refractivity contribution is 7.09. The molecule has 11 nitrogen and oxygen atoms in total. The molecular formula is C41H52N6O5S2. The molecule has 1 saturated heterocycles. The van der Waals surface area contributed by atoms with Crippen LogP contribution in [-0.2, 0) is 40.3 Å². The van der Waals surface area contributed by atoms with E-state index in [0.717, 1.165) is 33.1 Å². The number of nitrogens with zero attached hydrogens (tertiary/aromatic N) is 4.